The number of aromatic nitrogens is 1. The number of pyridine rings is 1. The summed E-state index contributed by atoms with van der Waals surface area (Å²) < 4.78 is 5.55. The summed E-state index contributed by atoms with van der Waals surface area (Å²) in [5, 5.41) is 3.26. The first-order chi connectivity index (χ1) is 8.25. The highest BCUT2D eigenvalue weighted by molar-refractivity contribution is 7.80. The molecular formula is C12H17N3OS. The Kier molecular flexibility index (Phi) is 4.28. The number of nitrogens with two attached hydrogens (primary N) is 1. The van der Waals surface area contributed by atoms with Crippen LogP contribution in [0.2, 0.25) is 0 Å². The van der Waals surface area contributed by atoms with Crippen molar-refractivity contribution in [3.8, 4) is 0 Å². The van der Waals surface area contributed by atoms with Crippen molar-refractivity contribution >= 4 is 23.0 Å². The summed E-state index contributed by atoms with van der Waals surface area (Å²) in [4.78, 5) is 4.62. The minimum absolute atomic E-state index is 0.398. The Morgan fingerprint density at radius 2 is 2.53 bits per heavy atom. The van der Waals surface area contributed by atoms with Gasteiger partial charge in [-0.1, -0.05) is 12.2 Å². The molecule has 0 aromatic carbocycles. The van der Waals surface area contributed by atoms with Crippen molar-refractivity contribution in [3.05, 3.63) is 23.9 Å². The van der Waals surface area contributed by atoms with E-state index in [9.17, 15) is 0 Å². The molecule has 1 atom stereocenters. The topological polar surface area (TPSA) is 60.2 Å². The van der Waals surface area contributed by atoms with Gasteiger partial charge in [0, 0.05) is 24.9 Å². The molecule has 0 amide bonds. The van der Waals surface area contributed by atoms with E-state index in [0.717, 1.165) is 31.0 Å². The number of anilines is 1. The molecule has 1 unspecified atom stereocenters. The number of hydrogen-bond donors (Lipinski definition) is 2. The Bertz CT molecular complexity index is 391. The minimum atomic E-state index is 0.398. The van der Waals surface area contributed by atoms with Crippen molar-refractivity contribution in [1.82, 2.24) is 4.98 Å². The molecule has 1 aliphatic rings. The summed E-state index contributed by atoms with van der Waals surface area (Å²) in [6, 6.07) is 3.69. The molecule has 0 spiro atoms. The van der Waals surface area contributed by atoms with Gasteiger partial charge in [-0.25, -0.2) is 4.98 Å². The Balaban J connectivity index is 1.81. The van der Waals surface area contributed by atoms with E-state index in [1.54, 1.807) is 6.20 Å². The van der Waals surface area contributed by atoms with Gasteiger partial charge in [0.15, 0.2) is 0 Å². The molecule has 5 heteroatoms. The summed E-state index contributed by atoms with van der Waals surface area (Å²) in [7, 11) is 0. The number of nitrogens with zero attached hydrogens (tertiary/aromatic N) is 1. The molecule has 1 aliphatic heterocycles. The number of rotatable bonds is 5. The Hall–Kier alpha value is -1.20. The van der Waals surface area contributed by atoms with E-state index in [0.29, 0.717) is 11.1 Å². The van der Waals surface area contributed by atoms with Crippen LogP contribution in [0.4, 0.5) is 5.82 Å². The second-order valence-electron chi connectivity index (χ2n) is 4.14. The highest BCUT2D eigenvalue weighted by Gasteiger charge is 2.14. The van der Waals surface area contributed by atoms with Gasteiger partial charge in [0.1, 0.15) is 10.8 Å². The summed E-state index contributed by atoms with van der Waals surface area (Å²) in [5.41, 5.74) is 6.41. The third kappa shape index (κ3) is 3.64. The molecular weight excluding hydrogens is 234 g/mol. The third-order valence-corrected chi connectivity index (χ3v) is 3.08. The summed E-state index contributed by atoms with van der Waals surface area (Å²) in [6.45, 7) is 1.76. The molecule has 1 aromatic heterocycles. The average Bonchev–Trinajstić information content (AvgIpc) is 2.82. The van der Waals surface area contributed by atoms with E-state index < -0.39 is 0 Å². The molecule has 4 nitrogen and oxygen atoms in total. The molecule has 3 N–H and O–H groups in total. The maximum absolute atomic E-state index is 5.57. The lowest BCUT2D eigenvalue weighted by atomic mass is 10.2. The largest absolute Gasteiger partial charge is 0.389 e. The van der Waals surface area contributed by atoms with E-state index in [4.69, 9.17) is 22.7 Å². The average molecular weight is 251 g/mol. The van der Waals surface area contributed by atoms with Crippen LogP contribution in [0.3, 0.4) is 0 Å². The summed E-state index contributed by atoms with van der Waals surface area (Å²) in [6.07, 6.45) is 5.48. The number of thiocarbonyl (C=S) groups is 1. The lowest BCUT2D eigenvalue weighted by Crippen LogP contribution is -2.14. The predicted molar refractivity (Wildman–Crippen MR) is 72.2 cm³/mol. The van der Waals surface area contributed by atoms with Crippen LogP contribution in [-0.4, -0.2) is 29.2 Å². The zero-order valence-electron chi connectivity index (χ0n) is 9.69. The zero-order valence-corrected chi connectivity index (χ0v) is 10.5. The number of ether oxygens (including phenoxy) is 1. The molecule has 0 bridgehead atoms. The Morgan fingerprint density at radius 3 is 3.24 bits per heavy atom. The zero-order chi connectivity index (χ0) is 12.1. The van der Waals surface area contributed by atoms with Gasteiger partial charge in [-0.05, 0) is 31.4 Å². The third-order valence-electron chi connectivity index (χ3n) is 2.84. The fraction of sp³-hybridized carbons (Fsp3) is 0.500. The van der Waals surface area contributed by atoms with Crippen LogP contribution < -0.4 is 11.1 Å². The summed E-state index contributed by atoms with van der Waals surface area (Å²) >= 11 is 4.92. The first-order valence-electron chi connectivity index (χ1n) is 5.87. The fourth-order valence-corrected chi connectivity index (χ4v) is 2.04. The van der Waals surface area contributed by atoms with E-state index in [1.807, 2.05) is 12.1 Å². The van der Waals surface area contributed by atoms with E-state index >= 15 is 0 Å². The molecule has 1 saturated heterocycles. The molecule has 0 radical (unpaired) electrons. The van der Waals surface area contributed by atoms with Gasteiger partial charge in [-0.2, -0.15) is 0 Å². The molecule has 1 aromatic rings. The molecule has 1 fully saturated rings. The van der Waals surface area contributed by atoms with Gasteiger partial charge in [0.05, 0.1) is 6.10 Å². The van der Waals surface area contributed by atoms with Gasteiger partial charge in [-0.3, -0.25) is 0 Å². The van der Waals surface area contributed by atoms with Crippen molar-refractivity contribution in [3.63, 3.8) is 0 Å². The fourth-order valence-electron chi connectivity index (χ4n) is 1.91. The monoisotopic (exact) mass is 251 g/mol. The quantitative estimate of drug-likeness (QED) is 0.780. The molecule has 0 aliphatic carbocycles. The van der Waals surface area contributed by atoms with E-state index in [2.05, 4.69) is 10.3 Å². The lowest BCUT2D eigenvalue weighted by Gasteiger charge is -2.10. The highest BCUT2D eigenvalue weighted by atomic mass is 32.1. The van der Waals surface area contributed by atoms with E-state index in [-0.39, 0.29) is 0 Å². The van der Waals surface area contributed by atoms with Crippen molar-refractivity contribution in [1.29, 1.82) is 0 Å². The highest BCUT2D eigenvalue weighted by Crippen LogP contribution is 2.15. The van der Waals surface area contributed by atoms with Crippen LogP contribution in [0.5, 0.6) is 0 Å². The standard InChI is InChI=1S/C12H17N3OS/c13-12(17)9-3-5-14-11(8-9)15-6-4-10-2-1-7-16-10/h3,5,8,10H,1-2,4,6-7H2,(H2,13,17)(H,14,15). The lowest BCUT2D eigenvalue weighted by molar-refractivity contribution is 0.107. The first-order valence-corrected chi connectivity index (χ1v) is 6.28. The van der Waals surface area contributed by atoms with Crippen LogP contribution in [0.1, 0.15) is 24.8 Å². The van der Waals surface area contributed by atoms with E-state index in [1.165, 1.54) is 12.8 Å². The molecule has 2 rings (SSSR count). The predicted octanol–water partition coefficient (Wildman–Crippen LogP) is 1.70. The van der Waals surface area contributed by atoms with Crippen molar-refractivity contribution < 1.29 is 4.74 Å². The molecule has 0 saturated carbocycles. The second kappa shape index (κ2) is 5.93. The minimum Gasteiger partial charge on any atom is -0.389 e. The van der Waals surface area contributed by atoms with Gasteiger partial charge in [-0.15, -0.1) is 0 Å². The SMILES string of the molecule is NC(=S)c1ccnc(NCCC2CCCO2)c1. The van der Waals surface area contributed by atoms with Crippen LogP contribution in [0, 0.1) is 0 Å². The first kappa shape index (κ1) is 12.3. The molecule has 92 valence electrons. The second-order valence-corrected chi connectivity index (χ2v) is 4.58. The maximum Gasteiger partial charge on any atom is 0.126 e. The smallest absolute Gasteiger partial charge is 0.126 e. The number of hydrogen-bond acceptors (Lipinski definition) is 4. The van der Waals surface area contributed by atoms with Crippen molar-refractivity contribution in [2.24, 2.45) is 5.73 Å². The van der Waals surface area contributed by atoms with Crippen molar-refractivity contribution in [2.75, 3.05) is 18.5 Å². The van der Waals surface area contributed by atoms with Crippen LogP contribution >= 0.6 is 12.2 Å². The molecule has 2 heterocycles. The van der Waals surface area contributed by atoms with Gasteiger partial charge < -0.3 is 15.8 Å². The normalized spacial score (nSPS) is 19.2. The van der Waals surface area contributed by atoms with Crippen LogP contribution in [-0.2, 0) is 4.74 Å². The van der Waals surface area contributed by atoms with Gasteiger partial charge >= 0.3 is 0 Å². The summed E-state index contributed by atoms with van der Waals surface area (Å²) in [5.74, 6) is 0.813. The van der Waals surface area contributed by atoms with Crippen LogP contribution in [0.15, 0.2) is 18.3 Å². The molecule has 17 heavy (non-hydrogen) atoms. The van der Waals surface area contributed by atoms with Gasteiger partial charge in [0.2, 0.25) is 0 Å². The maximum atomic E-state index is 5.57. The Morgan fingerprint density at radius 1 is 1.65 bits per heavy atom. The van der Waals surface area contributed by atoms with Crippen LogP contribution in [0.25, 0.3) is 0 Å². The number of nitrogens with one attached hydrogen (secondary N) is 1. The van der Waals surface area contributed by atoms with Gasteiger partial charge in [0.25, 0.3) is 0 Å². The Labute approximate surface area is 107 Å². The van der Waals surface area contributed by atoms with Crippen molar-refractivity contribution in [2.45, 2.75) is 25.4 Å².